The summed E-state index contributed by atoms with van der Waals surface area (Å²) in [4.78, 5) is 14.6. The molecule has 1 aliphatic carbocycles. The molecule has 1 aliphatic rings. The van der Waals surface area contributed by atoms with Crippen molar-refractivity contribution in [3.8, 4) is 0 Å². The zero-order valence-corrected chi connectivity index (χ0v) is 12.6. The Labute approximate surface area is 124 Å². The van der Waals surface area contributed by atoms with Gasteiger partial charge in [0.15, 0.2) is 5.69 Å². The molecule has 0 atom stereocenters. The van der Waals surface area contributed by atoms with Crippen molar-refractivity contribution in [2.45, 2.75) is 37.8 Å². The Bertz CT molecular complexity index is 628. The van der Waals surface area contributed by atoms with Crippen LogP contribution < -0.4 is 5.32 Å². The van der Waals surface area contributed by atoms with Crippen LogP contribution in [0.4, 0.5) is 0 Å². The molecule has 3 rings (SSSR count). The molecular formula is C16H22N4O. The van der Waals surface area contributed by atoms with Gasteiger partial charge in [0.05, 0.1) is 5.52 Å². The van der Waals surface area contributed by atoms with E-state index in [1.54, 1.807) is 0 Å². The number of para-hydroxylation sites is 1. The van der Waals surface area contributed by atoms with Crippen molar-refractivity contribution in [3.05, 3.63) is 30.0 Å². The van der Waals surface area contributed by atoms with Gasteiger partial charge in [-0.3, -0.25) is 9.89 Å². The van der Waals surface area contributed by atoms with Crippen molar-refractivity contribution in [1.82, 2.24) is 20.4 Å². The normalized spacial score (nSPS) is 22.4. The van der Waals surface area contributed by atoms with Crippen molar-refractivity contribution in [2.24, 2.45) is 0 Å². The van der Waals surface area contributed by atoms with Gasteiger partial charge in [-0.25, -0.2) is 0 Å². The van der Waals surface area contributed by atoms with Crippen molar-refractivity contribution >= 4 is 16.8 Å². The van der Waals surface area contributed by atoms with Crippen LogP contribution in [0.2, 0.25) is 0 Å². The molecule has 1 aromatic heterocycles. The van der Waals surface area contributed by atoms with Crippen molar-refractivity contribution in [1.29, 1.82) is 0 Å². The maximum Gasteiger partial charge on any atom is 0.274 e. The van der Waals surface area contributed by atoms with Gasteiger partial charge < -0.3 is 10.2 Å². The molecule has 1 amide bonds. The average Bonchev–Trinajstić information content (AvgIpc) is 2.97. The van der Waals surface area contributed by atoms with Crippen LogP contribution in [0.3, 0.4) is 0 Å². The van der Waals surface area contributed by atoms with Crippen molar-refractivity contribution in [2.75, 3.05) is 14.1 Å². The summed E-state index contributed by atoms with van der Waals surface area (Å²) in [6.45, 7) is 0. The lowest BCUT2D eigenvalue weighted by Crippen LogP contribution is -2.42. The van der Waals surface area contributed by atoms with Gasteiger partial charge in [0.1, 0.15) is 0 Å². The Kier molecular flexibility index (Phi) is 3.92. The molecule has 0 unspecified atom stereocenters. The number of carbonyl (C=O) groups is 1. The predicted octanol–water partition coefficient (Wildman–Crippen LogP) is 2.17. The highest BCUT2D eigenvalue weighted by atomic mass is 16.2. The zero-order valence-electron chi connectivity index (χ0n) is 12.6. The summed E-state index contributed by atoms with van der Waals surface area (Å²) in [5.41, 5.74) is 1.44. The number of fused-ring (bicyclic) bond motifs is 1. The van der Waals surface area contributed by atoms with E-state index in [1.165, 1.54) is 0 Å². The lowest BCUT2D eigenvalue weighted by Gasteiger charge is -2.34. The highest BCUT2D eigenvalue weighted by molar-refractivity contribution is 6.04. The second-order valence-corrected chi connectivity index (χ2v) is 5.83. The first-order valence-electron chi connectivity index (χ1n) is 7.58. The topological polar surface area (TPSA) is 61.0 Å². The van der Waals surface area contributed by atoms with E-state index in [-0.39, 0.29) is 5.91 Å². The van der Waals surface area contributed by atoms with Crippen LogP contribution >= 0.6 is 0 Å². The Morgan fingerprint density at radius 2 is 2.00 bits per heavy atom. The van der Waals surface area contributed by atoms with Crippen LogP contribution in [0, 0.1) is 0 Å². The molecule has 1 fully saturated rings. The van der Waals surface area contributed by atoms with Crippen LogP contribution in [-0.2, 0) is 0 Å². The van der Waals surface area contributed by atoms with Crippen LogP contribution in [0.15, 0.2) is 24.3 Å². The Morgan fingerprint density at radius 1 is 1.29 bits per heavy atom. The van der Waals surface area contributed by atoms with E-state index in [4.69, 9.17) is 0 Å². The Morgan fingerprint density at radius 3 is 2.71 bits per heavy atom. The van der Waals surface area contributed by atoms with E-state index >= 15 is 0 Å². The maximum absolute atomic E-state index is 12.7. The highest BCUT2D eigenvalue weighted by Gasteiger charge is 2.28. The molecule has 1 heterocycles. The second-order valence-electron chi connectivity index (χ2n) is 5.83. The van der Waals surface area contributed by atoms with Gasteiger partial charge in [0.2, 0.25) is 0 Å². The number of amides is 1. The van der Waals surface area contributed by atoms with Crippen LogP contribution in [0.1, 0.15) is 36.2 Å². The number of nitrogens with one attached hydrogen (secondary N) is 2. The number of rotatable bonds is 3. The van der Waals surface area contributed by atoms with Crippen LogP contribution in [0.25, 0.3) is 10.9 Å². The van der Waals surface area contributed by atoms with Crippen LogP contribution in [0.5, 0.6) is 0 Å². The summed E-state index contributed by atoms with van der Waals surface area (Å²) in [5.74, 6) is 0.0142. The smallest absolute Gasteiger partial charge is 0.274 e. The van der Waals surface area contributed by atoms with E-state index in [0.29, 0.717) is 17.8 Å². The van der Waals surface area contributed by atoms with Gasteiger partial charge >= 0.3 is 0 Å². The number of hydrogen-bond donors (Lipinski definition) is 2. The molecule has 0 radical (unpaired) electrons. The van der Waals surface area contributed by atoms with Crippen molar-refractivity contribution < 1.29 is 4.79 Å². The van der Waals surface area contributed by atoms with Gasteiger partial charge in [-0.15, -0.1) is 0 Å². The summed E-state index contributed by atoms with van der Waals surface area (Å²) in [5, 5.41) is 11.4. The van der Waals surface area contributed by atoms with Crippen LogP contribution in [-0.4, -0.2) is 47.2 Å². The fourth-order valence-corrected chi connectivity index (χ4v) is 3.21. The zero-order chi connectivity index (χ0) is 14.8. The summed E-state index contributed by atoms with van der Waals surface area (Å²) < 4.78 is 0. The summed E-state index contributed by atoms with van der Waals surface area (Å²) in [6.07, 6.45) is 4.35. The number of H-pyrrole nitrogens is 1. The van der Waals surface area contributed by atoms with E-state index in [9.17, 15) is 4.79 Å². The first-order chi connectivity index (χ1) is 10.2. The number of benzene rings is 1. The number of aromatic nitrogens is 2. The van der Waals surface area contributed by atoms with Gasteiger partial charge in [-0.2, -0.15) is 5.10 Å². The van der Waals surface area contributed by atoms with Gasteiger partial charge in [-0.05, 0) is 38.8 Å². The van der Waals surface area contributed by atoms with Gasteiger partial charge in [-0.1, -0.05) is 18.2 Å². The Hall–Kier alpha value is -1.88. The minimum Gasteiger partial charge on any atom is -0.337 e. The third-order valence-electron chi connectivity index (χ3n) is 4.65. The second kappa shape index (κ2) is 5.85. The highest BCUT2D eigenvalue weighted by Crippen LogP contribution is 2.24. The monoisotopic (exact) mass is 286 g/mol. The van der Waals surface area contributed by atoms with E-state index < -0.39 is 0 Å². The Balaban J connectivity index is 1.76. The third-order valence-corrected chi connectivity index (χ3v) is 4.65. The third kappa shape index (κ3) is 2.65. The molecular weight excluding hydrogens is 264 g/mol. The number of nitrogens with zero attached hydrogens (tertiary/aromatic N) is 2. The fraction of sp³-hybridized carbons (Fsp3) is 0.500. The molecule has 0 spiro atoms. The first-order valence-corrected chi connectivity index (χ1v) is 7.58. The molecule has 1 saturated carbocycles. The lowest BCUT2D eigenvalue weighted by molar-refractivity contribution is 0.0681. The summed E-state index contributed by atoms with van der Waals surface area (Å²) in [7, 11) is 3.91. The average molecular weight is 286 g/mol. The van der Waals surface area contributed by atoms with E-state index in [1.807, 2.05) is 43.3 Å². The lowest BCUT2D eigenvalue weighted by atomic mass is 9.90. The minimum absolute atomic E-state index is 0.0142. The molecule has 112 valence electrons. The summed E-state index contributed by atoms with van der Waals surface area (Å²) in [6, 6.07) is 8.67. The SMILES string of the molecule is CNC1CCC(N(C)C(=O)c2n[nH]c3ccccc23)CC1. The van der Waals surface area contributed by atoms with E-state index in [2.05, 4.69) is 15.5 Å². The molecule has 1 aromatic carbocycles. The molecule has 21 heavy (non-hydrogen) atoms. The standard InChI is InChI=1S/C16H22N4O/c1-17-11-7-9-12(10-8-11)20(2)16(21)15-13-5-3-4-6-14(13)18-19-15/h3-6,11-12,17H,7-10H2,1-2H3,(H,18,19). The first kappa shape index (κ1) is 14.1. The van der Waals surface area contributed by atoms with Gasteiger partial charge in [0.25, 0.3) is 5.91 Å². The molecule has 0 aliphatic heterocycles. The summed E-state index contributed by atoms with van der Waals surface area (Å²) >= 11 is 0. The number of aromatic amines is 1. The fourth-order valence-electron chi connectivity index (χ4n) is 3.21. The van der Waals surface area contributed by atoms with Crippen molar-refractivity contribution in [3.63, 3.8) is 0 Å². The quantitative estimate of drug-likeness (QED) is 0.909. The number of hydrogen-bond acceptors (Lipinski definition) is 3. The molecule has 5 nitrogen and oxygen atoms in total. The van der Waals surface area contributed by atoms with Gasteiger partial charge in [0, 0.05) is 24.5 Å². The maximum atomic E-state index is 12.7. The molecule has 5 heteroatoms. The van der Waals surface area contributed by atoms with E-state index in [0.717, 1.165) is 36.6 Å². The molecule has 0 saturated heterocycles. The number of carbonyl (C=O) groups excluding carboxylic acids is 1. The minimum atomic E-state index is 0.0142. The molecule has 2 N–H and O–H groups in total. The predicted molar refractivity (Wildman–Crippen MR) is 83.3 cm³/mol. The largest absolute Gasteiger partial charge is 0.337 e. The molecule has 2 aromatic rings. The molecule has 0 bridgehead atoms.